The van der Waals surface area contributed by atoms with Gasteiger partial charge in [-0.15, -0.1) is 0 Å². The molecule has 5 heteroatoms. The molecule has 3 aromatic rings. The van der Waals surface area contributed by atoms with E-state index in [1.54, 1.807) is 19.5 Å². The molecule has 1 aromatic heterocycles. The van der Waals surface area contributed by atoms with Crippen LogP contribution in [0.5, 0.6) is 5.75 Å². The molecule has 0 fully saturated rings. The van der Waals surface area contributed by atoms with Gasteiger partial charge in [0.25, 0.3) is 0 Å². The van der Waals surface area contributed by atoms with Gasteiger partial charge in [0.15, 0.2) is 0 Å². The van der Waals surface area contributed by atoms with Crippen LogP contribution in [0.3, 0.4) is 0 Å². The molecule has 0 unspecified atom stereocenters. The van der Waals surface area contributed by atoms with Gasteiger partial charge in [-0.25, -0.2) is 4.98 Å². The Balaban J connectivity index is 1.57. The lowest BCUT2D eigenvalue weighted by Gasteiger charge is -2.09. The van der Waals surface area contributed by atoms with E-state index in [-0.39, 0.29) is 0 Å². The molecule has 0 aliphatic carbocycles. The molecule has 5 nitrogen and oxygen atoms in total. The minimum Gasteiger partial charge on any atom is -0.489 e. The van der Waals surface area contributed by atoms with Crippen LogP contribution in [0.15, 0.2) is 84.1 Å². The van der Waals surface area contributed by atoms with Crippen LogP contribution < -0.4 is 15.8 Å². The van der Waals surface area contributed by atoms with E-state index in [4.69, 9.17) is 10.5 Å². The molecular formula is C23H24N4O. The van der Waals surface area contributed by atoms with Crippen LogP contribution in [0.2, 0.25) is 0 Å². The number of aromatic nitrogens is 1. The van der Waals surface area contributed by atoms with Crippen molar-refractivity contribution in [1.29, 1.82) is 0 Å². The molecule has 0 radical (unpaired) electrons. The average molecular weight is 372 g/mol. The fourth-order valence-corrected chi connectivity index (χ4v) is 2.71. The lowest BCUT2D eigenvalue weighted by atomic mass is 10.1. The van der Waals surface area contributed by atoms with Gasteiger partial charge in [0.05, 0.1) is 0 Å². The molecule has 3 N–H and O–H groups in total. The smallest absolute Gasteiger partial charge is 0.131 e. The Morgan fingerprint density at radius 1 is 1.04 bits per heavy atom. The topological polar surface area (TPSA) is 72.5 Å². The van der Waals surface area contributed by atoms with E-state index < -0.39 is 0 Å². The second kappa shape index (κ2) is 9.92. The van der Waals surface area contributed by atoms with Crippen LogP contribution in [0.25, 0.3) is 5.57 Å². The third-order valence-corrected chi connectivity index (χ3v) is 4.15. The molecule has 1 heterocycles. The molecule has 0 aliphatic rings. The number of allylic oxidation sites excluding steroid dienone is 1. The van der Waals surface area contributed by atoms with Gasteiger partial charge in [-0.2, -0.15) is 0 Å². The van der Waals surface area contributed by atoms with E-state index in [0.717, 1.165) is 28.0 Å². The zero-order valence-corrected chi connectivity index (χ0v) is 15.9. The second-order valence-corrected chi connectivity index (χ2v) is 6.22. The molecule has 0 spiro atoms. The maximum atomic E-state index is 5.97. The van der Waals surface area contributed by atoms with Gasteiger partial charge >= 0.3 is 0 Å². The van der Waals surface area contributed by atoms with E-state index in [9.17, 15) is 0 Å². The number of benzene rings is 2. The van der Waals surface area contributed by atoms with E-state index >= 15 is 0 Å². The van der Waals surface area contributed by atoms with Crippen LogP contribution >= 0.6 is 0 Å². The van der Waals surface area contributed by atoms with Crippen LogP contribution in [-0.2, 0) is 13.2 Å². The average Bonchev–Trinajstić information content (AvgIpc) is 2.74. The first-order valence-corrected chi connectivity index (χ1v) is 9.08. The van der Waals surface area contributed by atoms with Crippen molar-refractivity contribution in [2.24, 2.45) is 4.99 Å². The summed E-state index contributed by atoms with van der Waals surface area (Å²) < 4.78 is 5.82. The quantitative estimate of drug-likeness (QED) is 0.585. The van der Waals surface area contributed by atoms with Crippen molar-refractivity contribution in [2.45, 2.75) is 13.2 Å². The molecule has 0 saturated carbocycles. The highest BCUT2D eigenvalue weighted by molar-refractivity contribution is 6.11. The first-order chi connectivity index (χ1) is 13.8. The maximum Gasteiger partial charge on any atom is 0.131 e. The highest BCUT2D eigenvalue weighted by atomic mass is 16.5. The Kier molecular flexibility index (Phi) is 6.79. The number of nitrogens with zero attached hydrogens (tertiary/aromatic N) is 2. The van der Waals surface area contributed by atoms with Gasteiger partial charge in [-0.1, -0.05) is 42.5 Å². The van der Waals surface area contributed by atoms with E-state index in [1.807, 2.05) is 60.8 Å². The number of hydrogen-bond acceptors (Lipinski definition) is 5. The fraction of sp³-hybridized carbons (Fsp3) is 0.130. The van der Waals surface area contributed by atoms with Crippen LogP contribution in [0.1, 0.15) is 16.7 Å². The summed E-state index contributed by atoms with van der Waals surface area (Å²) in [6, 6.07) is 22.0. The summed E-state index contributed by atoms with van der Waals surface area (Å²) in [4.78, 5) is 8.23. The Bertz CT molecular complexity index is 934. The van der Waals surface area contributed by atoms with Crippen molar-refractivity contribution in [1.82, 2.24) is 10.3 Å². The van der Waals surface area contributed by atoms with E-state index in [0.29, 0.717) is 19.0 Å². The minimum atomic E-state index is 0.482. The lowest BCUT2D eigenvalue weighted by Crippen LogP contribution is -2.07. The Labute approximate surface area is 165 Å². The predicted octanol–water partition coefficient (Wildman–Crippen LogP) is 4.07. The Hall–Kier alpha value is -3.60. The summed E-state index contributed by atoms with van der Waals surface area (Å²) >= 11 is 0. The van der Waals surface area contributed by atoms with Crippen molar-refractivity contribution in [3.05, 3.63) is 95.8 Å². The number of pyridine rings is 1. The lowest BCUT2D eigenvalue weighted by molar-refractivity contribution is 0.306. The van der Waals surface area contributed by atoms with Crippen LogP contribution in [0.4, 0.5) is 5.82 Å². The van der Waals surface area contributed by atoms with Crippen molar-refractivity contribution in [3.63, 3.8) is 0 Å². The molecular weight excluding hydrogens is 348 g/mol. The summed E-state index contributed by atoms with van der Waals surface area (Å²) in [5.74, 6) is 1.33. The van der Waals surface area contributed by atoms with Crippen molar-refractivity contribution >= 4 is 17.6 Å². The van der Waals surface area contributed by atoms with Gasteiger partial charge < -0.3 is 15.8 Å². The molecule has 3 rings (SSSR count). The summed E-state index contributed by atoms with van der Waals surface area (Å²) in [5, 5.41) is 3.31. The van der Waals surface area contributed by atoms with Crippen molar-refractivity contribution in [2.75, 3.05) is 12.8 Å². The largest absolute Gasteiger partial charge is 0.489 e. The first kappa shape index (κ1) is 19.2. The molecule has 0 amide bonds. The van der Waals surface area contributed by atoms with Gasteiger partial charge in [-0.05, 0) is 35.4 Å². The zero-order chi connectivity index (χ0) is 19.6. The third-order valence-electron chi connectivity index (χ3n) is 4.15. The molecule has 0 bridgehead atoms. The van der Waals surface area contributed by atoms with Crippen molar-refractivity contribution < 1.29 is 4.74 Å². The number of rotatable bonds is 8. The normalized spacial score (nSPS) is 11.5. The summed E-state index contributed by atoms with van der Waals surface area (Å²) in [6.07, 6.45) is 5.34. The van der Waals surface area contributed by atoms with Gasteiger partial charge in [-0.3, -0.25) is 4.99 Å². The molecule has 28 heavy (non-hydrogen) atoms. The first-order valence-electron chi connectivity index (χ1n) is 9.08. The monoisotopic (exact) mass is 372 g/mol. The molecule has 0 saturated heterocycles. The number of nitrogen functional groups attached to an aromatic ring is 1. The number of anilines is 1. The SMILES string of the molecule is CN=C/C(=C\NCc1ccc(OCc2ccccc2)cc1)c1cccnc1N. The number of nitrogens with one attached hydrogen (secondary N) is 1. The Morgan fingerprint density at radius 2 is 1.82 bits per heavy atom. The van der Waals surface area contributed by atoms with E-state index in [2.05, 4.69) is 27.4 Å². The summed E-state index contributed by atoms with van der Waals surface area (Å²) in [5.41, 5.74) is 10.0. The highest BCUT2D eigenvalue weighted by Gasteiger charge is 2.04. The minimum absolute atomic E-state index is 0.482. The summed E-state index contributed by atoms with van der Waals surface area (Å²) in [7, 11) is 1.73. The van der Waals surface area contributed by atoms with Gasteiger partial charge in [0.2, 0.25) is 0 Å². The summed E-state index contributed by atoms with van der Waals surface area (Å²) in [6.45, 7) is 1.24. The second-order valence-electron chi connectivity index (χ2n) is 6.22. The predicted molar refractivity (Wildman–Crippen MR) is 115 cm³/mol. The Morgan fingerprint density at radius 3 is 2.54 bits per heavy atom. The molecule has 2 aromatic carbocycles. The highest BCUT2D eigenvalue weighted by Crippen LogP contribution is 2.17. The fourth-order valence-electron chi connectivity index (χ4n) is 2.71. The number of hydrogen-bond donors (Lipinski definition) is 2. The van der Waals surface area contributed by atoms with Gasteiger partial charge in [0.1, 0.15) is 18.2 Å². The zero-order valence-electron chi connectivity index (χ0n) is 15.9. The molecule has 0 atom stereocenters. The van der Waals surface area contributed by atoms with Crippen molar-refractivity contribution in [3.8, 4) is 5.75 Å². The number of nitrogens with two attached hydrogens (primary N) is 1. The van der Waals surface area contributed by atoms with Crippen LogP contribution in [0, 0.1) is 0 Å². The molecule has 142 valence electrons. The third kappa shape index (κ3) is 5.45. The molecule has 0 aliphatic heterocycles. The maximum absolute atomic E-state index is 5.97. The standard InChI is InChI=1S/C23H24N4O/c1-25-15-20(22-8-5-13-27-23(22)24)16-26-14-18-9-11-21(12-10-18)28-17-19-6-3-2-4-7-19/h2-13,15-16,26H,14,17H2,1H3,(H2,24,27)/b20-16+,25-15?. The van der Waals surface area contributed by atoms with Crippen LogP contribution in [-0.4, -0.2) is 18.2 Å². The van der Waals surface area contributed by atoms with E-state index in [1.165, 1.54) is 0 Å². The number of aliphatic imine (C=N–C) groups is 1. The number of ether oxygens (including phenoxy) is 1. The van der Waals surface area contributed by atoms with Gasteiger partial charge in [0, 0.05) is 43.3 Å².